The highest BCUT2D eigenvalue weighted by molar-refractivity contribution is 5.69. The topological polar surface area (TPSA) is 52.7 Å². The van der Waals surface area contributed by atoms with E-state index in [0.29, 0.717) is 6.04 Å². The van der Waals surface area contributed by atoms with E-state index in [9.17, 15) is 0 Å². The Bertz CT molecular complexity index is 526. The highest BCUT2D eigenvalue weighted by atomic mass is 15.2. The summed E-state index contributed by atoms with van der Waals surface area (Å²) in [6.07, 6.45) is 2.14. The van der Waals surface area contributed by atoms with E-state index < -0.39 is 0 Å². The third-order valence-corrected chi connectivity index (χ3v) is 3.68. The van der Waals surface area contributed by atoms with Crippen molar-refractivity contribution in [2.24, 2.45) is 0 Å². The monoisotopic (exact) mass is 256 g/mol. The first kappa shape index (κ1) is 12.2. The van der Waals surface area contributed by atoms with Gasteiger partial charge in [0.05, 0.1) is 5.69 Å². The first-order valence-electron chi connectivity index (χ1n) is 6.98. The SMILES string of the molecule is CCc1c(NC2CCNC2)n[nH]c1-c1ccccc1. The molecule has 4 nitrogen and oxygen atoms in total. The number of H-pyrrole nitrogens is 1. The van der Waals surface area contributed by atoms with Crippen LogP contribution >= 0.6 is 0 Å². The van der Waals surface area contributed by atoms with Crippen LogP contribution in [0.25, 0.3) is 11.3 Å². The van der Waals surface area contributed by atoms with Crippen LogP contribution < -0.4 is 10.6 Å². The van der Waals surface area contributed by atoms with Crippen molar-refractivity contribution in [3.8, 4) is 11.3 Å². The Morgan fingerprint density at radius 2 is 2.16 bits per heavy atom. The van der Waals surface area contributed by atoms with E-state index in [1.165, 1.54) is 11.1 Å². The minimum atomic E-state index is 0.497. The van der Waals surface area contributed by atoms with E-state index in [1.54, 1.807) is 0 Å². The molecule has 0 spiro atoms. The predicted molar refractivity (Wildman–Crippen MR) is 78.3 cm³/mol. The second-order valence-electron chi connectivity index (χ2n) is 4.98. The lowest BCUT2D eigenvalue weighted by Gasteiger charge is -2.11. The van der Waals surface area contributed by atoms with Gasteiger partial charge in [0.2, 0.25) is 0 Å². The molecule has 1 fully saturated rings. The maximum Gasteiger partial charge on any atom is 0.151 e. The zero-order valence-electron chi connectivity index (χ0n) is 11.2. The Hall–Kier alpha value is -1.81. The molecule has 2 heterocycles. The van der Waals surface area contributed by atoms with E-state index in [4.69, 9.17) is 0 Å². The lowest BCUT2D eigenvalue weighted by Crippen LogP contribution is -2.22. The summed E-state index contributed by atoms with van der Waals surface area (Å²) in [7, 11) is 0. The normalized spacial score (nSPS) is 18.7. The van der Waals surface area contributed by atoms with Crippen LogP contribution in [0.2, 0.25) is 0 Å². The van der Waals surface area contributed by atoms with Crippen LogP contribution in [0.5, 0.6) is 0 Å². The van der Waals surface area contributed by atoms with Crippen molar-refractivity contribution >= 4 is 5.82 Å². The molecule has 3 N–H and O–H groups in total. The molecule has 0 bridgehead atoms. The Morgan fingerprint density at radius 1 is 1.32 bits per heavy atom. The summed E-state index contributed by atoms with van der Waals surface area (Å²) in [6.45, 7) is 4.29. The maximum absolute atomic E-state index is 4.46. The van der Waals surface area contributed by atoms with Gasteiger partial charge in [-0.2, -0.15) is 5.10 Å². The summed E-state index contributed by atoms with van der Waals surface area (Å²) in [4.78, 5) is 0. The third kappa shape index (κ3) is 2.49. The molecule has 1 unspecified atom stereocenters. The zero-order valence-corrected chi connectivity index (χ0v) is 11.2. The first-order chi connectivity index (χ1) is 9.38. The fourth-order valence-corrected chi connectivity index (χ4v) is 2.64. The molecule has 0 saturated carbocycles. The van der Waals surface area contributed by atoms with Gasteiger partial charge in [-0.25, -0.2) is 0 Å². The highest BCUT2D eigenvalue weighted by Gasteiger charge is 2.18. The van der Waals surface area contributed by atoms with Gasteiger partial charge < -0.3 is 10.6 Å². The van der Waals surface area contributed by atoms with Crippen molar-refractivity contribution < 1.29 is 0 Å². The van der Waals surface area contributed by atoms with Crippen LogP contribution in [0.4, 0.5) is 5.82 Å². The van der Waals surface area contributed by atoms with Crippen LogP contribution in [0.15, 0.2) is 30.3 Å². The zero-order chi connectivity index (χ0) is 13.1. The molecule has 1 saturated heterocycles. The van der Waals surface area contributed by atoms with Crippen LogP contribution in [0.3, 0.4) is 0 Å². The number of benzene rings is 1. The molecule has 4 heteroatoms. The first-order valence-corrected chi connectivity index (χ1v) is 6.98. The average molecular weight is 256 g/mol. The van der Waals surface area contributed by atoms with Crippen LogP contribution in [-0.4, -0.2) is 29.3 Å². The van der Waals surface area contributed by atoms with Gasteiger partial charge in [-0.1, -0.05) is 37.3 Å². The summed E-state index contributed by atoms with van der Waals surface area (Å²) in [5.41, 5.74) is 3.61. The summed E-state index contributed by atoms with van der Waals surface area (Å²) in [6, 6.07) is 10.9. The van der Waals surface area contributed by atoms with E-state index in [1.807, 2.05) is 6.07 Å². The molecule has 3 rings (SSSR count). The number of rotatable bonds is 4. The number of hydrogen-bond acceptors (Lipinski definition) is 3. The molecule has 100 valence electrons. The molecule has 0 radical (unpaired) electrons. The molecule has 1 aliphatic heterocycles. The summed E-state index contributed by atoms with van der Waals surface area (Å²) < 4.78 is 0. The van der Waals surface area contributed by atoms with Gasteiger partial charge in [0.15, 0.2) is 5.82 Å². The number of anilines is 1. The van der Waals surface area contributed by atoms with Crippen molar-refractivity contribution in [3.05, 3.63) is 35.9 Å². The van der Waals surface area contributed by atoms with Crippen LogP contribution in [0, 0.1) is 0 Å². The van der Waals surface area contributed by atoms with Gasteiger partial charge in [-0.05, 0) is 24.9 Å². The molecule has 2 aromatic rings. The van der Waals surface area contributed by atoms with Gasteiger partial charge in [0.1, 0.15) is 0 Å². The molecule has 1 aliphatic rings. The number of nitrogens with one attached hydrogen (secondary N) is 3. The number of nitrogens with zero attached hydrogens (tertiary/aromatic N) is 1. The molecule has 1 aromatic heterocycles. The fraction of sp³-hybridized carbons (Fsp3) is 0.400. The summed E-state index contributed by atoms with van der Waals surface area (Å²) in [5, 5.41) is 14.6. The molecule has 0 amide bonds. The molecule has 1 atom stereocenters. The van der Waals surface area contributed by atoms with Crippen LogP contribution in [0.1, 0.15) is 18.9 Å². The molecule has 1 aromatic carbocycles. The van der Waals surface area contributed by atoms with Gasteiger partial charge >= 0.3 is 0 Å². The Balaban J connectivity index is 1.88. The van der Waals surface area contributed by atoms with Gasteiger partial charge in [-0.3, -0.25) is 5.10 Å². The number of aromatic nitrogens is 2. The average Bonchev–Trinajstić information content (AvgIpc) is 3.09. The van der Waals surface area contributed by atoms with Crippen molar-refractivity contribution in [3.63, 3.8) is 0 Å². The van der Waals surface area contributed by atoms with Crippen molar-refractivity contribution in [1.29, 1.82) is 0 Å². The Morgan fingerprint density at radius 3 is 2.84 bits per heavy atom. The predicted octanol–water partition coefficient (Wildman–Crippen LogP) is 2.41. The minimum absolute atomic E-state index is 0.497. The van der Waals surface area contributed by atoms with Gasteiger partial charge in [-0.15, -0.1) is 0 Å². The van der Waals surface area contributed by atoms with Gasteiger partial charge in [0.25, 0.3) is 0 Å². The largest absolute Gasteiger partial charge is 0.364 e. The van der Waals surface area contributed by atoms with Crippen molar-refractivity contribution in [2.75, 3.05) is 18.4 Å². The maximum atomic E-state index is 4.46. The number of aromatic amines is 1. The lowest BCUT2D eigenvalue weighted by atomic mass is 10.1. The van der Waals surface area contributed by atoms with E-state index in [-0.39, 0.29) is 0 Å². The van der Waals surface area contributed by atoms with Crippen molar-refractivity contribution in [2.45, 2.75) is 25.8 Å². The number of hydrogen-bond donors (Lipinski definition) is 3. The molecule has 19 heavy (non-hydrogen) atoms. The van der Waals surface area contributed by atoms with E-state index >= 15 is 0 Å². The molecule has 0 aliphatic carbocycles. The fourth-order valence-electron chi connectivity index (χ4n) is 2.64. The molecular weight excluding hydrogens is 236 g/mol. The lowest BCUT2D eigenvalue weighted by molar-refractivity contribution is 0.784. The standard InChI is InChI=1S/C15H20N4/c1-2-13-14(11-6-4-3-5-7-11)18-19-15(13)17-12-8-9-16-10-12/h3-7,12,16H,2,8-10H2,1H3,(H2,17,18,19). The van der Waals surface area contributed by atoms with Crippen LogP contribution in [-0.2, 0) is 6.42 Å². The summed E-state index contributed by atoms with van der Waals surface area (Å²) in [5.74, 6) is 1.01. The highest BCUT2D eigenvalue weighted by Crippen LogP contribution is 2.27. The quantitative estimate of drug-likeness (QED) is 0.787. The van der Waals surface area contributed by atoms with Gasteiger partial charge in [0, 0.05) is 18.2 Å². The minimum Gasteiger partial charge on any atom is -0.364 e. The second-order valence-corrected chi connectivity index (χ2v) is 4.98. The van der Waals surface area contributed by atoms with E-state index in [0.717, 1.165) is 37.4 Å². The third-order valence-electron chi connectivity index (χ3n) is 3.68. The molecular formula is C15H20N4. The van der Waals surface area contributed by atoms with E-state index in [2.05, 4.69) is 52.0 Å². The second kappa shape index (κ2) is 5.45. The Kier molecular flexibility index (Phi) is 3.51. The summed E-state index contributed by atoms with van der Waals surface area (Å²) >= 11 is 0. The Labute approximate surface area is 113 Å². The smallest absolute Gasteiger partial charge is 0.151 e. The van der Waals surface area contributed by atoms with Crippen molar-refractivity contribution in [1.82, 2.24) is 15.5 Å².